The monoisotopic (exact) mass is 548 g/mol. The van der Waals surface area contributed by atoms with E-state index in [-0.39, 0.29) is 5.04 Å². The Labute approximate surface area is 241 Å². The molecule has 0 fully saturated rings. The fourth-order valence-corrected chi connectivity index (χ4v) is 10.3. The smallest absolute Gasteiger partial charge is 0.261 e. The van der Waals surface area contributed by atoms with Gasteiger partial charge in [0.1, 0.15) is 5.78 Å². The first-order chi connectivity index (χ1) is 18.9. The van der Waals surface area contributed by atoms with Crippen LogP contribution in [-0.4, -0.2) is 20.7 Å². The van der Waals surface area contributed by atoms with Crippen molar-refractivity contribution in [1.82, 2.24) is 0 Å². The third-order valence-electron chi connectivity index (χ3n) is 7.95. The van der Waals surface area contributed by atoms with E-state index in [0.717, 1.165) is 45.1 Å². The van der Waals surface area contributed by atoms with E-state index in [4.69, 9.17) is 4.43 Å². The molecular weight excluding hydrogens is 492 g/mol. The number of carbonyl (C=O) groups is 1. The normalized spacial score (nSPS) is 12.0. The zero-order valence-corrected chi connectivity index (χ0v) is 26.4. The van der Waals surface area contributed by atoms with Crippen molar-refractivity contribution in [1.29, 1.82) is 0 Å². The molecule has 0 amide bonds. The summed E-state index contributed by atoms with van der Waals surface area (Å²) in [4.78, 5) is 12.2. The van der Waals surface area contributed by atoms with Gasteiger partial charge in [0, 0.05) is 19.4 Å². The molecule has 0 aliphatic heterocycles. The number of carbonyl (C=O) groups excluding carboxylic acids is 1. The molecule has 0 spiro atoms. The SMILES string of the molecule is C=CCCCCCCCCCC(=O)CCCCCCCCO[Si](c1ccccc1)(c1ccccc1)C(C)(C)C. The van der Waals surface area contributed by atoms with Crippen LogP contribution in [0.1, 0.15) is 124 Å². The molecular formula is C36H56O2Si. The third kappa shape index (κ3) is 12.0. The van der Waals surface area contributed by atoms with Crippen molar-refractivity contribution in [3.05, 3.63) is 73.3 Å². The van der Waals surface area contributed by atoms with E-state index in [1.165, 1.54) is 74.6 Å². The first kappa shape index (κ1) is 33.2. The first-order valence-corrected chi connectivity index (χ1v) is 17.7. The predicted molar refractivity (Wildman–Crippen MR) is 173 cm³/mol. The Kier molecular flexibility index (Phi) is 16.3. The summed E-state index contributed by atoms with van der Waals surface area (Å²) < 4.78 is 7.00. The summed E-state index contributed by atoms with van der Waals surface area (Å²) in [5.41, 5.74) is 0. The summed E-state index contributed by atoms with van der Waals surface area (Å²) in [6.45, 7) is 11.6. The molecule has 216 valence electrons. The van der Waals surface area contributed by atoms with E-state index >= 15 is 0 Å². The second-order valence-electron chi connectivity index (χ2n) is 12.2. The summed E-state index contributed by atoms with van der Waals surface area (Å²) in [5.74, 6) is 0.472. The van der Waals surface area contributed by atoms with Gasteiger partial charge in [-0.2, -0.15) is 0 Å². The van der Waals surface area contributed by atoms with Gasteiger partial charge in [-0.3, -0.25) is 4.79 Å². The molecule has 0 aliphatic rings. The molecule has 2 rings (SSSR count). The molecule has 0 aromatic heterocycles. The molecule has 2 aromatic carbocycles. The average Bonchev–Trinajstić information content (AvgIpc) is 2.93. The maximum absolute atomic E-state index is 12.2. The van der Waals surface area contributed by atoms with E-state index < -0.39 is 8.32 Å². The number of Topliss-reactive ketones (excluding diaryl/α,β-unsaturated/α-hetero) is 1. The number of rotatable bonds is 22. The minimum Gasteiger partial charge on any atom is -0.407 e. The number of allylic oxidation sites excluding steroid dienone is 1. The topological polar surface area (TPSA) is 26.3 Å². The van der Waals surface area contributed by atoms with Crippen molar-refractivity contribution in [2.24, 2.45) is 0 Å². The van der Waals surface area contributed by atoms with Crippen molar-refractivity contribution >= 4 is 24.5 Å². The van der Waals surface area contributed by atoms with Crippen LogP contribution in [0, 0.1) is 0 Å². The third-order valence-corrected chi connectivity index (χ3v) is 13.0. The van der Waals surface area contributed by atoms with E-state index in [0.29, 0.717) is 5.78 Å². The Morgan fingerprint density at radius 2 is 1.08 bits per heavy atom. The Morgan fingerprint density at radius 3 is 1.51 bits per heavy atom. The molecule has 0 atom stereocenters. The quantitative estimate of drug-likeness (QED) is 0.0832. The van der Waals surface area contributed by atoms with Crippen LogP contribution in [-0.2, 0) is 9.22 Å². The van der Waals surface area contributed by atoms with Crippen LogP contribution < -0.4 is 10.4 Å². The zero-order valence-electron chi connectivity index (χ0n) is 25.4. The van der Waals surface area contributed by atoms with Crippen LogP contribution in [0.15, 0.2) is 73.3 Å². The molecule has 2 nitrogen and oxygen atoms in total. The highest BCUT2D eigenvalue weighted by Crippen LogP contribution is 2.36. The molecule has 0 N–H and O–H groups in total. The highest BCUT2D eigenvalue weighted by Gasteiger charge is 2.49. The molecule has 0 saturated heterocycles. The van der Waals surface area contributed by atoms with Crippen LogP contribution in [0.2, 0.25) is 5.04 Å². The molecule has 0 saturated carbocycles. The van der Waals surface area contributed by atoms with Crippen molar-refractivity contribution in [3.63, 3.8) is 0 Å². The summed E-state index contributed by atoms with van der Waals surface area (Å²) in [7, 11) is -2.41. The molecule has 0 unspecified atom stereocenters. The van der Waals surface area contributed by atoms with Gasteiger partial charge >= 0.3 is 0 Å². The number of hydrogen-bond donors (Lipinski definition) is 0. The summed E-state index contributed by atoms with van der Waals surface area (Å²) in [6, 6.07) is 21.8. The van der Waals surface area contributed by atoms with Gasteiger partial charge < -0.3 is 4.43 Å². The molecule has 0 bridgehead atoms. The first-order valence-electron chi connectivity index (χ1n) is 15.8. The van der Waals surface area contributed by atoms with Gasteiger partial charge in [-0.15, -0.1) is 6.58 Å². The second-order valence-corrected chi connectivity index (χ2v) is 16.5. The van der Waals surface area contributed by atoms with Gasteiger partial charge in [0.25, 0.3) is 8.32 Å². The van der Waals surface area contributed by atoms with Gasteiger partial charge in [-0.25, -0.2) is 0 Å². The lowest BCUT2D eigenvalue weighted by atomic mass is 10.0. The van der Waals surface area contributed by atoms with Crippen LogP contribution in [0.4, 0.5) is 0 Å². The minimum atomic E-state index is -2.41. The van der Waals surface area contributed by atoms with Crippen molar-refractivity contribution in [2.75, 3.05) is 6.61 Å². The van der Waals surface area contributed by atoms with Gasteiger partial charge in [-0.1, -0.05) is 145 Å². The van der Waals surface area contributed by atoms with E-state index in [2.05, 4.69) is 88.0 Å². The largest absolute Gasteiger partial charge is 0.407 e. The van der Waals surface area contributed by atoms with Crippen LogP contribution in [0.3, 0.4) is 0 Å². The van der Waals surface area contributed by atoms with Crippen molar-refractivity contribution in [2.45, 2.75) is 129 Å². The standard InChI is InChI=1S/C36H56O2Si/c1-5-6-7-8-9-10-11-14-19-26-33(37)27-20-15-12-13-16-25-32-38-39(36(2,3)4,34-28-21-17-22-29-34)35-30-23-18-24-31-35/h5,17-18,21-24,28-31H,1,6-16,19-20,25-27,32H2,2-4H3. The Bertz CT molecular complexity index is 861. The van der Waals surface area contributed by atoms with E-state index in [9.17, 15) is 4.79 Å². The highest BCUT2D eigenvalue weighted by atomic mass is 28.4. The lowest BCUT2D eigenvalue weighted by Gasteiger charge is -2.43. The maximum Gasteiger partial charge on any atom is 0.261 e. The van der Waals surface area contributed by atoms with E-state index in [1.807, 2.05) is 6.08 Å². The number of unbranched alkanes of at least 4 members (excludes halogenated alkanes) is 12. The lowest BCUT2D eigenvalue weighted by Crippen LogP contribution is -2.66. The number of ketones is 1. The number of benzene rings is 2. The fourth-order valence-electron chi connectivity index (χ4n) is 5.74. The predicted octanol–water partition coefficient (Wildman–Crippen LogP) is 9.56. The molecule has 0 heterocycles. The summed E-state index contributed by atoms with van der Waals surface area (Å²) >= 11 is 0. The maximum atomic E-state index is 12.2. The molecule has 3 heteroatoms. The zero-order chi connectivity index (χ0) is 28.2. The Balaban J connectivity index is 1.62. The second kappa shape index (κ2) is 19.2. The van der Waals surface area contributed by atoms with E-state index in [1.54, 1.807) is 0 Å². The Morgan fingerprint density at radius 1 is 0.667 bits per heavy atom. The van der Waals surface area contributed by atoms with Crippen LogP contribution in [0.25, 0.3) is 0 Å². The van der Waals surface area contributed by atoms with Crippen LogP contribution in [0.5, 0.6) is 0 Å². The molecule has 39 heavy (non-hydrogen) atoms. The van der Waals surface area contributed by atoms with Crippen molar-refractivity contribution in [3.8, 4) is 0 Å². The van der Waals surface area contributed by atoms with Crippen molar-refractivity contribution < 1.29 is 9.22 Å². The summed E-state index contributed by atoms with van der Waals surface area (Å²) in [5, 5.41) is 2.74. The number of hydrogen-bond acceptors (Lipinski definition) is 2. The van der Waals surface area contributed by atoms with Gasteiger partial charge in [0.05, 0.1) is 0 Å². The molecule has 2 aromatic rings. The average molecular weight is 549 g/mol. The molecule has 0 aliphatic carbocycles. The lowest BCUT2D eigenvalue weighted by molar-refractivity contribution is -0.119. The highest BCUT2D eigenvalue weighted by molar-refractivity contribution is 6.99. The molecule has 0 radical (unpaired) electrons. The summed E-state index contributed by atoms with van der Waals surface area (Å²) in [6.07, 6.45) is 20.5. The van der Waals surface area contributed by atoms with Crippen LogP contribution >= 0.6 is 0 Å². The van der Waals surface area contributed by atoms with Gasteiger partial charge in [0.2, 0.25) is 0 Å². The fraction of sp³-hybridized carbons (Fsp3) is 0.583. The van der Waals surface area contributed by atoms with Gasteiger partial charge in [0.15, 0.2) is 0 Å². The van der Waals surface area contributed by atoms with Gasteiger partial charge in [-0.05, 0) is 47.5 Å². The Hall–Kier alpha value is -1.97. The minimum absolute atomic E-state index is 0.0353.